The van der Waals surface area contributed by atoms with Crippen molar-refractivity contribution in [2.45, 2.75) is 24.7 Å². The molecule has 0 aliphatic carbocycles. The van der Waals surface area contributed by atoms with Gasteiger partial charge in [0.15, 0.2) is 11.5 Å². The van der Waals surface area contributed by atoms with Crippen molar-refractivity contribution in [1.29, 1.82) is 0 Å². The standard InChI is InChI=1S/C28H16F12N2O3/c29-25(30,31)19-9-13(41)10-20(26(32,33)34)23(19)44-17-5-1-15(2-6-17)43-16-3-7-18(8-4-16)45-24-21(27(35,36)37)11-14(42)12-22(24)28(38,39)40/h1-12H,41-42H2. The molecule has 0 saturated carbocycles. The Labute approximate surface area is 244 Å². The summed E-state index contributed by atoms with van der Waals surface area (Å²) in [6.07, 6.45) is -21.0. The first-order chi connectivity index (χ1) is 20.6. The van der Waals surface area contributed by atoms with Gasteiger partial charge in [-0.15, -0.1) is 0 Å². The van der Waals surface area contributed by atoms with Crippen LogP contribution < -0.4 is 25.7 Å². The zero-order chi connectivity index (χ0) is 33.5. The molecule has 0 spiro atoms. The molecule has 0 saturated heterocycles. The zero-order valence-corrected chi connectivity index (χ0v) is 21.8. The molecular formula is C28H16F12N2O3. The maximum absolute atomic E-state index is 13.5. The van der Waals surface area contributed by atoms with E-state index in [1.54, 1.807) is 0 Å². The van der Waals surface area contributed by atoms with Crippen molar-refractivity contribution >= 4 is 11.4 Å². The van der Waals surface area contributed by atoms with Crippen LogP contribution in [0.4, 0.5) is 64.1 Å². The van der Waals surface area contributed by atoms with Gasteiger partial charge in [0.05, 0.1) is 0 Å². The van der Waals surface area contributed by atoms with Crippen LogP contribution in [0.3, 0.4) is 0 Å². The van der Waals surface area contributed by atoms with Gasteiger partial charge in [-0.2, -0.15) is 52.7 Å². The fourth-order valence-electron chi connectivity index (χ4n) is 3.89. The van der Waals surface area contributed by atoms with Gasteiger partial charge in [0.1, 0.15) is 45.3 Å². The van der Waals surface area contributed by atoms with Gasteiger partial charge in [-0.25, -0.2) is 0 Å². The van der Waals surface area contributed by atoms with Crippen molar-refractivity contribution in [3.63, 3.8) is 0 Å². The highest BCUT2D eigenvalue weighted by Gasteiger charge is 2.44. The minimum absolute atomic E-state index is 0.0299. The number of hydrogen-bond acceptors (Lipinski definition) is 5. The quantitative estimate of drug-likeness (QED) is 0.160. The van der Waals surface area contributed by atoms with Gasteiger partial charge in [-0.1, -0.05) is 0 Å². The summed E-state index contributed by atoms with van der Waals surface area (Å²) in [5, 5.41) is 0. The summed E-state index contributed by atoms with van der Waals surface area (Å²) in [5.74, 6) is -4.02. The van der Waals surface area contributed by atoms with E-state index in [1.165, 1.54) is 0 Å². The molecule has 0 fully saturated rings. The highest BCUT2D eigenvalue weighted by molar-refractivity contribution is 5.58. The van der Waals surface area contributed by atoms with Crippen molar-refractivity contribution in [3.05, 3.63) is 95.1 Å². The molecular weight excluding hydrogens is 640 g/mol. The Bertz CT molecular complexity index is 1480. The Morgan fingerprint density at radius 3 is 0.756 bits per heavy atom. The Morgan fingerprint density at radius 1 is 0.356 bits per heavy atom. The average Bonchev–Trinajstić information content (AvgIpc) is 2.90. The van der Waals surface area contributed by atoms with Gasteiger partial charge in [0.25, 0.3) is 0 Å². The third-order valence-corrected chi connectivity index (χ3v) is 5.77. The molecule has 0 heterocycles. The number of rotatable bonds is 6. The molecule has 0 aromatic heterocycles. The Hall–Kier alpha value is -4.96. The molecule has 0 bridgehead atoms. The van der Waals surface area contributed by atoms with Gasteiger partial charge >= 0.3 is 24.7 Å². The predicted octanol–water partition coefficient (Wildman–Crippen LogP) is 10.3. The number of benzene rings is 4. The number of ether oxygens (including phenoxy) is 3. The lowest BCUT2D eigenvalue weighted by atomic mass is 10.1. The maximum Gasteiger partial charge on any atom is 0.420 e. The van der Waals surface area contributed by atoms with E-state index in [0.717, 1.165) is 48.5 Å². The molecule has 17 heteroatoms. The minimum atomic E-state index is -5.25. The molecule has 0 amide bonds. The molecule has 4 N–H and O–H groups in total. The third-order valence-electron chi connectivity index (χ3n) is 5.77. The van der Waals surface area contributed by atoms with E-state index >= 15 is 0 Å². The topological polar surface area (TPSA) is 79.7 Å². The summed E-state index contributed by atoms with van der Waals surface area (Å²) < 4.78 is 177. The molecule has 0 aliphatic rings. The first-order valence-electron chi connectivity index (χ1n) is 12.0. The first-order valence-corrected chi connectivity index (χ1v) is 12.0. The molecule has 45 heavy (non-hydrogen) atoms. The van der Waals surface area contributed by atoms with Gasteiger partial charge in [0.2, 0.25) is 0 Å². The fourth-order valence-corrected chi connectivity index (χ4v) is 3.89. The van der Waals surface area contributed by atoms with Crippen LogP contribution in [0.15, 0.2) is 72.8 Å². The molecule has 0 atom stereocenters. The molecule has 4 aromatic rings. The number of halogens is 12. The third kappa shape index (κ3) is 7.77. The van der Waals surface area contributed by atoms with Crippen LogP contribution in [-0.4, -0.2) is 0 Å². The van der Waals surface area contributed by atoms with Gasteiger partial charge in [-0.05, 0) is 72.8 Å². The highest BCUT2D eigenvalue weighted by Crippen LogP contribution is 2.48. The van der Waals surface area contributed by atoms with Crippen LogP contribution in [0, 0.1) is 0 Å². The van der Waals surface area contributed by atoms with Crippen molar-refractivity contribution in [2.75, 3.05) is 11.5 Å². The number of hydrogen-bond donors (Lipinski definition) is 2. The second-order valence-electron chi connectivity index (χ2n) is 9.13. The Balaban J connectivity index is 1.55. The fraction of sp³-hybridized carbons (Fsp3) is 0.143. The SMILES string of the molecule is Nc1cc(C(F)(F)F)c(Oc2ccc(Oc3ccc(Oc4c(C(F)(F)F)cc(N)cc4C(F)(F)F)cc3)cc2)c(C(F)(F)F)c1. The molecule has 0 aliphatic heterocycles. The lowest BCUT2D eigenvalue weighted by Gasteiger charge is -2.20. The van der Waals surface area contributed by atoms with Gasteiger partial charge in [0, 0.05) is 11.4 Å². The van der Waals surface area contributed by atoms with Crippen LogP contribution in [0.1, 0.15) is 22.3 Å². The summed E-state index contributed by atoms with van der Waals surface area (Å²) in [5.41, 5.74) is 1.83. The average molecular weight is 656 g/mol. The molecule has 5 nitrogen and oxygen atoms in total. The van der Waals surface area contributed by atoms with E-state index in [-0.39, 0.29) is 35.8 Å². The van der Waals surface area contributed by atoms with E-state index in [4.69, 9.17) is 25.7 Å². The minimum Gasteiger partial charge on any atom is -0.457 e. The van der Waals surface area contributed by atoms with Crippen molar-refractivity contribution in [3.8, 4) is 34.5 Å². The monoisotopic (exact) mass is 656 g/mol. The number of nitrogen functional groups attached to an aromatic ring is 2. The molecule has 0 unspecified atom stereocenters. The lowest BCUT2D eigenvalue weighted by molar-refractivity contribution is -0.146. The molecule has 240 valence electrons. The first kappa shape index (κ1) is 32.9. The number of alkyl halides is 12. The highest BCUT2D eigenvalue weighted by atomic mass is 19.4. The van der Waals surface area contributed by atoms with Crippen LogP contribution in [-0.2, 0) is 24.7 Å². The van der Waals surface area contributed by atoms with Crippen molar-refractivity contribution in [1.82, 2.24) is 0 Å². The largest absolute Gasteiger partial charge is 0.457 e. The van der Waals surface area contributed by atoms with E-state index in [1.807, 2.05) is 0 Å². The summed E-state index contributed by atoms with van der Waals surface area (Å²) >= 11 is 0. The van der Waals surface area contributed by atoms with Crippen molar-refractivity contribution < 1.29 is 66.9 Å². The zero-order valence-electron chi connectivity index (χ0n) is 21.8. The number of anilines is 2. The Morgan fingerprint density at radius 2 is 0.556 bits per heavy atom. The normalized spacial score (nSPS) is 12.6. The van der Waals surface area contributed by atoms with Crippen LogP contribution in [0.2, 0.25) is 0 Å². The molecule has 4 aromatic carbocycles. The Kier molecular flexibility index (Phi) is 8.43. The van der Waals surface area contributed by atoms with E-state index in [2.05, 4.69) is 0 Å². The van der Waals surface area contributed by atoms with E-state index < -0.39 is 81.3 Å². The van der Waals surface area contributed by atoms with Crippen molar-refractivity contribution in [2.24, 2.45) is 0 Å². The van der Waals surface area contributed by atoms with E-state index in [0.29, 0.717) is 0 Å². The summed E-state index contributed by atoms with van der Waals surface area (Å²) in [6.45, 7) is 0. The second-order valence-corrected chi connectivity index (χ2v) is 9.13. The van der Waals surface area contributed by atoms with Gasteiger partial charge < -0.3 is 25.7 Å². The summed E-state index contributed by atoms with van der Waals surface area (Å²) in [4.78, 5) is 0. The molecule has 4 rings (SSSR count). The number of nitrogens with two attached hydrogens (primary N) is 2. The molecule has 0 radical (unpaired) electrons. The second kappa shape index (κ2) is 11.5. The maximum atomic E-state index is 13.5. The van der Waals surface area contributed by atoms with Gasteiger partial charge in [-0.3, -0.25) is 0 Å². The predicted molar refractivity (Wildman–Crippen MR) is 135 cm³/mol. The summed E-state index contributed by atoms with van der Waals surface area (Å²) in [7, 11) is 0. The van der Waals surface area contributed by atoms with E-state index in [9.17, 15) is 52.7 Å². The van der Waals surface area contributed by atoms with Crippen LogP contribution in [0.5, 0.6) is 34.5 Å². The smallest absolute Gasteiger partial charge is 0.420 e. The van der Waals surface area contributed by atoms with Crippen LogP contribution in [0.25, 0.3) is 0 Å². The summed E-state index contributed by atoms with van der Waals surface area (Å²) in [6, 6.07) is 9.54. The lowest BCUT2D eigenvalue weighted by Crippen LogP contribution is -2.15. The van der Waals surface area contributed by atoms with Crippen LogP contribution >= 0.6 is 0 Å².